The van der Waals surface area contributed by atoms with Crippen molar-refractivity contribution in [2.24, 2.45) is 5.11 Å². The number of rotatable bonds is 16. The zero-order valence-corrected chi connectivity index (χ0v) is 17.4. The van der Waals surface area contributed by atoms with Crippen molar-refractivity contribution in [1.82, 2.24) is 0 Å². The highest BCUT2D eigenvalue weighted by molar-refractivity contribution is 5.54. The Morgan fingerprint density at radius 1 is 0.900 bits per heavy atom. The molecule has 1 fully saturated rings. The minimum atomic E-state index is -0.441. The van der Waals surface area contributed by atoms with Crippen LogP contribution in [0.5, 0.6) is 17.2 Å². The predicted octanol–water partition coefficient (Wildman–Crippen LogP) is 2.49. The molecule has 168 valence electrons. The monoisotopic (exact) mass is 427 g/mol. The summed E-state index contributed by atoms with van der Waals surface area (Å²) in [5, 5.41) is 3.37. The van der Waals surface area contributed by atoms with Crippen LogP contribution in [-0.2, 0) is 23.7 Å². The van der Waals surface area contributed by atoms with Crippen LogP contribution < -0.4 is 14.2 Å². The van der Waals surface area contributed by atoms with Gasteiger partial charge in [0.05, 0.1) is 67.1 Å². The fourth-order valence-electron chi connectivity index (χ4n) is 2.65. The number of ether oxygens (including phenoxy) is 8. The molecular formula is C19H29N3O8. The van der Waals surface area contributed by atoms with Gasteiger partial charge in [0.2, 0.25) is 5.75 Å². The largest absolute Gasteiger partial charge is 0.493 e. The molecule has 0 saturated carbocycles. The van der Waals surface area contributed by atoms with Gasteiger partial charge in [0, 0.05) is 17.0 Å². The van der Waals surface area contributed by atoms with Crippen molar-refractivity contribution in [2.75, 3.05) is 80.2 Å². The van der Waals surface area contributed by atoms with Crippen LogP contribution in [0.1, 0.15) is 11.9 Å². The number of azide groups is 1. The van der Waals surface area contributed by atoms with E-state index in [1.165, 1.54) is 0 Å². The van der Waals surface area contributed by atoms with Gasteiger partial charge in [-0.05, 0) is 17.7 Å². The number of nitrogens with zero attached hydrogens (tertiary/aromatic N) is 3. The standard InChI is InChI=1S/C19H29N3O8/c1-23-16-13-15(19-29-11-12-30-19)14-17(18(16)24-2)28-10-9-27-8-7-26-6-5-25-4-3-21-22-20/h13-14,19H,3-12H2,1-2H3. The third-order valence-electron chi connectivity index (χ3n) is 3.99. The summed E-state index contributed by atoms with van der Waals surface area (Å²) in [6, 6.07) is 3.64. The minimum Gasteiger partial charge on any atom is -0.493 e. The van der Waals surface area contributed by atoms with E-state index in [0.29, 0.717) is 83.3 Å². The van der Waals surface area contributed by atoms with Crippen LogP contribution in [0.15, 0.2) is 17.2 Å². The van der Waals surface area contributed by atoms with Crippen LogP contribution >= 0.6 is 0 Å². The molecule has 1 saturated heterocycles. The van der Waals surface area contributed by atoms with Crippen molar-refractivity contribution in [3.05, 3.63) is 28.1 Å². The molecule has 1 aromatic carbocycles. The molecule has 11 nitrogen and oxygen atoms in total. The molecule has 0 aromatic heterocycles. The highest BCUT2D eigenvalue weighted by atomic mass is 16.7. The third kappa shape index (κ3) is 8.23. The maximum Gasteiger partial charge on any atom is 0.203 e. The first kappa shape index (κ1) is 24.0. The lowest BCUT2D eigenvalue weighted by molar-refractivity contribution is -0.0444. The zero-order chi connectivity index (χ0) is 21.4. The molecule has 0 aliphatic carbocycles. The van der Waals surface area contributed by atoms with E-state index < -0.39 is 6.29 Å². The molecule has 11 heteroatoms. The molecule has 1 heterocycles. The van der Waals surface area contributed by atoms with Crippen LogP contribution in [0.2, 0.25) is 0 Å². The van der Waals surface area contributed by atoms with Gasteiger partial charge in [-0.3, -0.25) is 0 Å². The first-order valence-electron chi connectivity index (χ1n) is 9.66. The molecule has 0 unspecified atom stereocenters. The zero-order valence-electron chi connectivity index (χ0n) is 17.4. The molecule has 0 radical (unpaired) electrons. The summed E-state index contributed by atoms with van der Waals surface area (Å²) in [5.74, 6) is 1.58. The summed E-state index contributed by atoms with van der Waals surface area (Å²) in [6.45, 7) is 4.29. The van der Waals surface area contributed by atoms with Crippen molar-refractivity contribution in [1.29, 1.82) is 0 Å². The van der Waals surface area contributed by atoms with Crippen molar-refractivity contribution in [3.63, 3.8) is 0 Å². The molecule has 0 amide bonds. The maximum atomic E-state index is 8.13. The maximum absolute atomic E-state index is 8.13. The van der Waals surface area contributed by atoms with Gasteiger partial charge in [-0.1, -0.05) is 5.11 Å². The number of benzene rings is 1. The Kier molecular flexibility index (Phi) is 11.7. The highest BCUT2D eigenvalue weighted by Crippen LogP contribution is 2.41. The number of hydrogen-bond acceptors (Lipinski definition) is 9. The van der Waals surface area contributed by atoms with Crippen LogP contribution in [0.4, 0.5) is 0 Å². The van der Waals surface area contributed by atoms with E-state index >= 15 is 0 Å². The fraction of sp³-hybridized carbons (Fsp3) is 0.684. The highest BCUT2D eigenvalue weighted by Gasteiger charge is 2.23. The van der Waals surface area contributed by atoms with Crippen LogP contribution in [0.3, 0.4) is 0 Å². The summed E-state index contributed by atoms with van der Waals surface area (Å²) in [6.07, 6.45) is -0.441. The second-order valence-corrected chi connectivity index (χ2v) is 5.97. The van der Waals surface area contributed by atoms with Crippen molar-refractivity contribution in [2.45, 2.75) is 6.29 Å². The van der Waals surface area contributed by atoms with E-state index in [2.05, 4.69) is 10.0 Å². The molecular weight excluding hydrogens is 398 g/mol. The van der Waals surface area contributed by atoms with E-state index in [1.54, 1.807) is 14.2 Å². The summed E-state index contributed by atoms with van der Waals surface area (Å²) in [4.78, 5) is 2.64. The van der Waals surface area contributed by atoms with E-state index in [9.17, 15) is 0 Å². The Balaban J connectivity index is 1.65. The Bertz CT molecular complexity index is 663. The van der Waals surface area contributed by atoms with Crippen LogP contribution in [0.25, 0.3) is 10.4 Å². The SMILES string of the molecule is COc1cc(C2OCCO2)cc(OCCOCCOCCOCCN=[N+]=[N-])c1OC. The van der Waals surface area contributed by atoms with Crippen LogP contribution in [0, 0.1) is 0 Å². The summed E-state index contributed by atoms with van der Waals surface area (Å²) in [5.41, 5.74) is 8.93. The van der Waals surface area contributed by atoms with Gasteiger partial charge in [0.25, 0.3) is 0 Å². The molecule has 1 aliphatic heterocycles. The lowest BCUT2D eigenvalue weighted by Gasteiger charge is -2.18. The Morgan fingerprint density at radius 2 is 1.50 bits per heavy atom. The minimum absolute atomic E-state index is 0.319. The fourth-order valence-corrected chi connectivity index (χ4v) is 2.65. The molecule has 0 atom stereocenters. The average Bonchev–Trinajstić information content (AvgIpc) is 3.31. The van der Waals surface area contributed by atoms with Gasteiger partial charge in [-0.25, -0.2) is 0 Å². The topological polar surface area (TPSA) is 123 Å². The third-order valence-corrected chi connectivity index (χ3v) is 3.99. The van der Waals surface area contributed by atoms with E-state index in [0.717, 1.165) is 5.56 Å². The lowest BCUT2D eigenvalue weighted by atomic mass is 10.1. The summed E-state index contributed by atoms with van der Waals surface area (Å²) in [7, 11) is 3.12. The molecule has 0 N–H and O–H groups in total. The van der Waals surface area contributed by atoms with Gasteiger partial charge in [-0.15, -0.1) is 0 Å². The lowest BCUT2D eigenvalue weighted by Crippen LogP contribution is -2.13. The Morgan fingerprint density at radius 3 is 2.10 bits per heavy atom. The number of methoxy groups -OCH3 is 2. The summed E-state index contributed by atoms with van der Waals surface area (Å²) < 4.78 is 43.9. The molecule has 0 spiro atoms. The van der Waals surface area contributed by atoms with Crippen molar-refractivity contribution >= 4 is 0 Å². The van der Waals surface area contributed by atoms with Crippen molar-refractivity contribution < 1.29 is 37.9 Å². The first-order valence-corrected chi connectivity index (χ1v) is 9.66. The molecule has 2 rings (SSSR count). The van der Waals surface area contributed by atoms with Gasteiger partial charge in [0.1, 0.15) is 6.61 Å². The summed E-state index contributed by atoms with van der Waals surface area (Å²) >= 11 is 0. The second-order valence-electron chi connectivity index (χ2n) is 5.97. The van der Waals surface area contributed by atoms with E-state index in [-0.39, 0.29) is 0 Å². The first-order chi connectivity index (χ1) is 14.8. The smallest absolute Gasteiger partial charge is 0.203 e. The van der Waals surface area contributed by atoms with E-state index in [1.807, 2.05) is 12.1 Å². The van der Waals surface area contributed by atoms with E-state index in [4.69, 9.17) is 43.4 Å². The molecule has 0 bridgehead atoms. The van der Waals surface area contributed by atoms with Gasteiger partial charge >= 0.3 is 0 Å². The van der Waals surface area contributed by atoms with Crippen molar-refractivity contribution in [3.8, 4) is 17.2 Å². The normalized spacial score (nSPS) is 13.8. The van der Waals surface area contributed by atoms with Gasteiger partial charge < -0.3 is 37.9 Å². The predicted molar refractivity (Wildman–Crippen MR) is 106 cm³/mol. The quantitative estimate of drug-likeness (QED) is 0.171. The van der Waals surface area contributed by atoms with Gasteiger partial charge in [-0.2, -0.15) is 0 Å². The molecule has 1 aromatic rings. The second kappa shape index (κ2) is 14.7. The Hall–Kier alpha value is -2.27. The average molecular weight is 427 g/mol. The molecule has 30 heavy (non-hydrogen) atoms. The van der Waals surface area contributed by atoms with Gasteiger partial charge in [0.15, 0.2) is 17.8 Å². The number of hydrogen-bond donors (Lipinski definition) is 0. The van der Waals surface area contributed by atoms with Crippen LogP contribution in [-0.4, -0.2) is 80.2 Å². The molecule has 1 aliphatic rings. The Labute approximate surface area is 175 Å².